The lowest BCUT2D eigenvalue weighted by Gasteiger charge is -2.27. The lowest BCUT2D eigenvalue weighted by molar-refractivity contribution is 0.291. The van der Waals surface area contributed by atoms with Gasteiger partial charge in [-0.3, -0.25) is 0 Å². The molecule has 1 atom stereocenters. The van der Waals surface area contributed by atoms with Gasteiger partial charge in [0.05, 0.1) is 6.07 Å². The summed E-state index contributed by atoms with van der Waals surface area (Å²) >= 11 is 0. The highest BCUT2D eigenvalue weighted by molar-refractivity contribution is 4.88. The molecule has 1 aliphatic carbocycles. The number of nitriles is 1. The van der Waals surface area contributed by atoms with E-state index in [9.17, 15) is 0 Å². The molecule has 0 aromatic rings. The van der Waals surface area contributed by atoms with Crippen molar-refractivity contribution in [2.45, 2.75) is 65.8 Å². The summed E-state index contributed by atoms with van der Waals surface area (Å²) in [6.45, 7) is 10.2. The Morgan fingerprint density at radius 3 is 2.62 bits per heavy atom. The van der Waals surface area contributed by atoms with Crippen molar-refractivity contribution in [3.05, 3.63) is 0 Å². The van der Waals surface area contributed by atoms with Gasteiger partial charge >= 0.3 is 0 Å². The summed E-state index contributed by atoms with van der Waals surface area (Å²) in [7, 11) is 0. The lowest BCUT2D eigenvalue weighted by Crippen LogP contribution is -2.36. The maximum atomic E-state index is 8.61. The summed E-state index contributed by atoms with van der Waals surface area (Å²) in [5.74, 6) is 0. The molecule has 2 nitrogen and oxygen atoms in total. The van der Waals surface area contributed by atoms with E-state index in [-0.39, 0.29) is 5.41 Å². The van der Waals surface area contributed by atoms with Gasteiger partial charge in [-0.05, 0) is 36.5 Å². The number of hydrogen-bond donors (Lipinski definition) is 1. The average Bonchev–Trinajstić information content (AvgIpc) is 2.53. The topological polar surface area (TPSA) is 35.8 Å². The second-order valence-electron chi connectivity index (χ2n) is 6.81. The molecule has 0 aromatic carbocycles. The van der Waals surface area contributed by atoms with Crippen molar-refractivity contribution >= 4 is 0 Å². The highest BCUT2D eigenvalue weighted by Gasteiger charge is 2.31. The lowest BCUT2D eigenvalue weighted by atomic mass is 9.87. The van der Waals surface area contributed by atoms with Gasteiger partial charge < -0.3 is 5.32 Å². The van der Waals surface area contributed by atoms with E-state index in [1.54, 1.807) is 0 Å². The minimum Gasteiger partial charge on any atom is -0.313 e. The highest BCUT2D eigenvalue weighted by Crippen LogP contribution is 2.37. The van der Waals surface area contributed by atoms with E-state index in [4.69, 9.17) is 5.26 Å². The molecular formula is C14H26N2. The van der Waals surface area contributed by atoms with Crippen LogP contribution in [0.1, 0.15) is 59.8 Å². The molecule has 0 aliphatic heterocycles. The normalized spacial score (nSPS) is 24.3. The molecule has 16 heavy (non-hydrogen) atoms. The summed E-state index contributed by atoms with van der Waals surface area (Å²) in [5, 5.41) is 12.3. The van der Waals surface area contributed by atoms with Crippen LogP contribution in [0.2, 0.25) is 0 Å². The Morgan fingerprint density at radius 1 is 1.44 bits per heavy atom. The molecule has 0 radical (unpaired) electrons. The fraction of sp³-hybridized carbons (Fsp3) is 0.929. The Bertz CT molecular complexity index is 260. The van der Waals surface area contributed by atoms with E-state index in [0.29, 0.717) is 17.9 Å². The van der Waals surface area contributed by atoms with Crippen LogP contribution in [0.3, 0.4) is 0 Å². The third-order valence-electron chi connectivity index (χ3n) is 3.75. The number of nitrogens with one attached hydrogen (secondary N) is 1. The van der Waals surface area contributed by atoms with Gasteiger partial charge in [0.25, 0.3) is 0 Å². The molecule has 2 heteroatoms. The first kappa shape index (κ1) is 13.5. The third kappa shape index (κ3) is 4.53. The minimum absolute atomic E-state index is 0.252. The summed E-state index contributed by atoms with van der Waals surface area (Å²) in [6, 6.07) is 2.93. The minimum atomic E-state index is 0.252. The fourth-order valence-electron chi connectivity index (χ4n) is 2.51. The Labute approximate surface area is 100 Å². The maximum absolute atomic E-state index is 8.61. The Hall–Kier alpha value is -0.550. The molecule has 1 N–H and O–H groups in total. The van der Waals surface area contributed by atoms with Gasteiger partial charge in [-0.25, -0.2) is 0 Å². The summed E-state index contributed by atoms with van der Waals surface area (Å²) in [4.78, 5) is 0. The van der Waals surface area contributed by atoms with Gasteiger partial charge in [-0.2, -0.15) is 5.26 Å². The number of nitrogens with zero attached hydrogens (tertiary/aromatic N) is 1. The van der Waals surface area contributed by atoms with Crippen LogP contribution < -0.4 is 5.32 Å². The molecule has 0 amide bonds. The predicted octanol–water partition coefficient (Wildman–Crippen LogP) is 3.48. The average molecular weight is 222 g/mol. The van der Waals surface area contributed by atoms with Crippen molar-refractivity contribution in [3.63, 3.8) is 0 Å². The summed E-state index contributed by atoms with van der Waals surface area (Å²) in [6.07, 6.45) is 5.60. The van der Waals surface area contributed by atoms with Crippen LogP contribution in [-0.2, 0) is 0 Å². The molecule has 0 heterocycles. The molecule has 0 aromatic heterocycles. The van der Waals surface area contributed by atoms with Crippen LogP contribution in [0.15, 0.2) is 0 Å². The summed E-state index contributed by atoms with van der Waals surface area (Å²) in [5.41, 5.74) is 0.775. The molecule has 1 saturated carbocycles. The van der Waals surface area contributed by atoms with Crippen molar-refractivity contribution in [2.24, 2.45) is 10.8 Å². The number of hydrogen-bond acceptors (Lipinski definition) is 2. The highest BCUT2D eigenvalue weighted by atomic mass is 14.9. The van der Waals surface area contributed by atoms with Crippen LogP contribution in [0.5, 0.6) is 0 Å². The zero-order valence-electron chi connectivity index (χ0n) is 11.3. The molecule has 0 saturated heterocycles. The van der Waals surface area contributed by atoms with Crippen LogP contribution in [0.25, 0.3) is 0 Å². The van der Waals surface area contributed by atoms with Crippen LogP contribution in [-0.4, -0.2) is 12.6 Å². The second kappa shape index (κ2) is 5.19. The van der Waals surface area contributed by atoms with E-state index in [1.165, 1.54) is 19.3 Å². The fourth-order valence-corrected chi connectivity index (χ4v) is 2.51. The monoisotopic (exact) mass is 222 g/mol. The first-order chi connectivity index (χ1) is 7.35. The van der Waals surface area contributed by atoms with Gasteiger partial charge in [0.1, 0.15) is 0 Å². The molecule has 0 spiro atoms. The largest absolute Gasteiger partial charge is 0.313 e. The van der Waals surface area contributed by atoms with Crippen molar-refractivity contribution < 1.29 is 0 Å². The molecular weight excluding hydrogens is 196 g/mol. The van der Waals surface area contributed by atoms with Crippen molar-refractivity contribution in [1.82, 2.24) is 5.32 Å². The van der Waals surface area contributed by atoms with Crippen molar-refractivity contribution in [1.29, 1.82) is 5.26 Å². The van der Waals surface area contributed by atoms with Crippen LogP contribution in [0.4, 0.5) is 0 Å². The van der Waals surface area contributed by atoms with Gasteiger partial charge in [0, 0.05) is 19.0 Å². The molecule has 1 fully saturated rings. The Balaban J connectivity index is 2.27. The molecule has 92 valence electrons. The molecule has 1 aliphatic rings. The zero-order valence-corrected chi connectivity index (χ0v) is 11.3. The maximum Gasteiger partial charge on any atom is 0.0621 e. The quantitative estimate of drug-likeness (QED) is 0.773. The number of rotatable bonds is 5. The molecule has 0 bridgehead atoms. The molecule has 1 rings (SSSR count). The predicted molar refractivity (Wildman–Crippen MR) is 68.1 cm³/mol. The Morgan fingerprint density at radius 2 is 2.12 bits per heavy atom. The van der Waals surface area contributed by atoms with E-state index < -0.39 is 0 Å². The van der Waals surface area contributed by atoms with E-state index in [0.717, 1.165) is 13.0 Å². The third-order valence-corrected chi connectivity index (χ3v) is 3.75. The second-order valence-corrected chi connectivity index (χ2v) is 6.81. The first-order valence-corrected chi connectivity index (χ1v) is 6.45. The standard InChI is InChI=1S/C14H26N2/c1-13(2)8-6-12(10-13)16-11-14(3,4)7-5-9-15/h12,16H,5-8,10-11H2,1-4H3. The van der Waals surface area contributed by atoms with Crippen LogP contribution in [0, 0.1) is 22.2 Å². The van der Waals surface area contributed by atoms with Crippen molar-refractivity contribution in [2.75, 3.05) is 6.54 Å². The SMILES string of the molecule is CC(C)(CCC#N)CNC1CCC(C)(C)C1. The first-order valence-electron chi connectivity index (χ1n) is 6.45. The van der Waals surface area contributed by atoms with Gasteiger partial charge in [0.2, 0.25) is 0 Å². The zero-order chi connectivity index (χ0) is 12.2. The Kier molecular flexibility index (Phi) is 4.38. The van der Waals surface area contributed by atoms with Crippen molar-refractivity contribution in [3.8, 4) is 6.07 Å². The van der Waals surface area contributed by atoms with Crippen LogP contribution >= 0.6 is 0 Å². The van der Waals surface area contributed by atoms with E-state index in [1.807, 2.05) is 0 Å². The van der Waals surface area contributed by atoms with E-state index in [2.05, 4.69) is 39.1 Å². The van der Waals surface area contributed by atoms with E-state index >= 15 is 0 Å². The van der Waals surface area contributed by atoms with Gasteiger partial charge in [0.15, 0.2) is 0 Å². The smallest absolute Gasteiger partial charge is 0.0621 e. The molecule has 1 unspecified atom stereocenters. The van der Waals surface area contributed by atoms with Gasteiger partial charge in [-0.15, -0.1) is 0 Å². The summed E-state index contributed by atoms with van der Waals surface area (Å²) < 4.78 is 0. The van der Waals surface area contributed by atoms with Gasteiger partial charge in [-0.1, -0.05) is 27.7 Å².